The lowest BCUT2D eigenvalue weighted by Crippen LogP contribution is -2.39. The summed E-state index contributed by atoms with van der Waals surface area (Å²) in [6.07, 6.45) is 8.97. The van der Waals surface area contributed by atoms with E-state index in [-0.39, 0.29) is 12.4 Å². The Bertz CT molecular complexity index is 1360. The molecule has 8 heteroatoms. The van der Waals surface area contributed by atoms with Crippen molar-refractivity contribution in [1.29, 1.82) is 0 Å². The molecule has 0 saturated carbocycles. The van der Waals surface area contributed by atoms with Crippen LogP contribution >= 0.6 is 0 Å². The average Bonchev–Trinajstić information content (AvgIpc) is 3.48. The number of aromatic nitrogens is 5. The predicted octanol–water partition coefficient (Wildman–Crippen LogP) is 4.16. The number of hydrogen-bond acceptors (Lipinski definition) is 5. The van der Waals surface area contributed by atoms with Gasteiger partial charge in [-0.25, -0.2) is 19.0 Å². The number of nitrogens with zero attached hydrogens (tertiary/aromatic N) is 5. The number of aliphatic hydroxyl groups is 1. The van der Waals surface area contributed by atoms with E-state index in [4.69, 9.17) is 9.72 Å². The van der Waals surface area contributed by atoms with Crippen molar-refractivity contribution in [2.45, 2.75) is 31.7 Å². The van der Waals surface area contributed by atoms with Crippen LogP contribution in [-0.4, -0.2) is 43.1 Å². The Balaban J connectivity index is 1.46. The highest BCUT2D eigenvalue weighted by molar-refractivity contribution is 5.69. The van der Waals surface area contributed by atoms with E-state index in [9.17, 15) is 9.50 Å². The van der Waals surface area contributed by atoms with E-state index in [1.807, 2.05) is 58.8 Å². The molecule has 0 aliphatic carbocycles. The van der Waals surface area contributed by atoms with E-state index in [1.54, 1.807) is 19.5 Å². The molecule has 34 heavy (non-hydrogen) atoms. The van der Waals surface area contributed by atoms with Crippen molar-refractivity contribution in [2.24, 2.45) is 0 Å². The van der Waals surface area contributed by atoms with Crippen LogP contribution in [0.25, 0.3) is 17.8 Å². The lowest BCUT2D eigenvalue weighted by molar-refractivity contribution is 0.181. The second-order valence-corrected chi connectivity index (χ2v) is 8.56. The van der Waals surface area contributed by atoms with E-state index in [0.29, 0.717) is 30.2 Å². The Morgan fingerprint density at radius 2 is 2.09 bits per heavy atom. The van der Waals surface area contributed by atoms with Gasteiger partial charge >= 0.3 is 0 Å². The number of fused-ring (bicyclic) bond motifs is 1. The molecule has 4 aromatic rings. The second kappa shape index (κ2) is 8.87. The fourth-order valence-corrected chi connectivity index (χ4v) is 4.62. The van der Waals surface area contributed by atoms with Crippen LogP contribution in [0.1, 0.15) is 41.3 Å². The first-order valence-electron chi connectivity index (χ1n) is 11.2. The van der Waals surface area contributed by atoms with Gasteiger partial charge in [0.05, 0.1) is 36.8 Å². The maximum atomic E-state index is 14.0. The fourth-order valence-electron chi connectivity index (χ4n) is 4.62. The molecule has 1 N–H and O–H groups in total. The number of methoxy groups -OCH3 is 1. The first kappa shape index (κ1) is 22.0. The molecule has 7 nitrogen and oxygen atoms in total. The van der Waals surface area contributed by atoms with Gasteiger partial charge in [-0.3, -0.25) is 0 Å². The predicted molar refractivity (Wildman–Crippen MR) is 127 cm³/mol. The molecule has 2 aromatic carbocycles. The first-order chi connectivity index (χ1) is 16.5. The molecule has 5 rings (SSSR count). The number of aliphatic hydroxyl groups excluding tert-OH is 1. The van der Waals surface area contributed by atoms with Crippen molar-refractivity contribution < 1.29 is 14.2 Å². The number of imidazole rings is 1. The third-order valence-corrected chi connectivity index (χ3v) is 6.36. The van der Waals surface area contributed by atoms with Gasteiger partial charge in [0.2, 0.25) is 0 Å². The van der Waals surface area contributed by atoms with Crippen LogP contribution < -0.4 is 4.74 Å². The Morgan fingerprint density at radius 1 is 1.21 bits per heavy atom. The highest BCUT2D eigenvalue weighted by Crippen LogP contribution is 2.39. The minimum absolute atomic E-state index is 0.162. The van der Waals surface area contributed by atoms with Gasteiger partial charge in [-0.05, 0) is 61.2 Å². The van der Waals surface area contributed by atoms with Crippen molar-refractivity contribution >= 4 is 12.2 Å². The molecule has 174 valence electrons. The summed E-state index contributed by atoms with van der Waals surface area (Å²) in [5, 5.41) is 15.0. The maximum Gasteiger partial charge on any atom is 0.174 e. The summed E-state index contributed by atoms with van der Waals surface area (Å²) in [5.41, 5.74) is 2.71. The normalized spacial score (nSPS) is 17.8. The monoisotopic (exact) mass is 459 g/mol. The lowest BCUT2D eigenvalue weighted by Gasteiger charge is -2.35. The molecule has 0 amide bonds. The first-order valence-corrected chi connectivity index (χ1v) is 11.2. The van der Waals surface area contributed by atoms with Gasteiger partial charge in [-0.15, -0.1) is 0 Å². The summed E-state index contributed by atoms with van der Waals surface area (Å²) in [6, 6.07) is 12.3. The number of rotatable bonds is 6. The molecule has 1 atom stereocenters. The van der Waals surface area contributed by atoms with Gasteiger partial charge in [0.25, 0.3) is 0 Å². The molecule has 2 aromatic heterocycles. The summed E-state index contributed by atoms with van der Waals surface area (Å²) in [5.74, 6) is 1.60. The van der Waals surface area contributed by atoms with E-state index >= 15 is 0 Å². The van der Waals surface area contributed by atoms with Gasteiger partial charge in [0.15, 0.2) is 5.82 Å². The highest BCUT2D eigenvalue weighted by atomic mass is 19.1. The summed E-state index contributed by atoms with van der Waals surface area (Å²) < 4.78 is 23.3. The molecular formula is C26H26FN5O2. The molecule has 0 spiro atoms. The summed E-state index contributed by atoms with van der Waals surface area (Å²) in [6.45, 7) is 2.49. The third kappa shape index (κ3) is 3.90. The zero-order valence-corrected chi connectivity index (χ0v) is 19.1. The quantitative estimate of drug-likeness (QED) is 0.468. The molecule has 0 fully saturated rings. The number of halogens is 1. The molecular weight excluding hydrogens is 433 g/mol. The molecule has 1 unspecified atom stereocenters. The SMILES string of the molecule is COc1cc(/C=C/c2nc3n(n2)CCCC3(CO)c2cccc(F)c2)ccc1-n1cnc(C)c1. The van der Waals surface area contributed by atoms with Crippen LogP contribution in [-0.2, 0) is 12.0 Å². The van der Waals surface area contributed by atoms with Crippen LogP contribution in [0, 0.1) is 12.7 Å². The Hall–Kier alpha value is -3.78. The van der Waals surface area contributed by atoms with Crippen LogP contribution in [0.3, 0.4) is 0 Å². The Morgan fingerprint density at radius 3 is 2.82 bits per heavy atom. The van der Waals surface area contributed by atoms with Crippen LogP contribution in [0.15, 0.2) is 55.0 Å². The number of aryl methyl sites for hydroxylation is 2. The van der Waals surface area contributed by atoms with Crippen molar-refractivity contribution in [2.75, 3.05) is 13.7 Å². The minimum atomic E-state index is -0.771. The van der Waals surface area contributed by atoms with Crippen LogP contribution in [0.5, 0.6) is 5.75 Å². The molecule has 3 heterocycles. The van der Waals surface area contributed by atoms with Crippen molar-refractivity contribution in [3.8, 4) is 11.4 Å². The molecule has 0 bridgehead atoms. The lowest BCUT2D eigenvalue weighted by atomic mass is 9.75. The van der Waals surface area contributed by atoms with Crippen molar-refractivity contribution in [3.63, 3.8) is 0 Å². The minimum Gasteiger partial charge on any atom is -0.495 e. The summed E-state index contributed by atoms with van der Waals surface area (Å²) in [7, 11) is 1.64. The summed E-state index contributed by atoms with van der Waals surface area (Å²) >= 11 is 0. The van der Waals surface area contributed by atoms with Gasteiger partial charge in [-0.2, -0.15) is 5.10 Å². The average molecular weight is 460 g/mol. The third-order valence-electron chi connectivity index (χ3n) is 6.36. The van der Waals surface area contributed by atoms with E-state index in [0.717, 1.165) is 29.1 Å². The standard InChI is InChI=1S/C26H26FN5O2/c1-18-15-31(17-28-18)22-9-7-19(13-23(22)34-2)8-10-24-29-25-26(16-33,11-4-12-32(25)30-24)20-5-3-6-21(27)14-20/h3,5-10,13-15,17,33H,4,11-12,16H2,1-2H3/b10-8+. The van der Waals surface area contributed by atoms with Crippen LogP contribution in [0.4, 0.5) is 4.39 Å². The highest BCUT2D eigenvalue weighted by Gasteiger charge is 2.41. The Kier molecular flexibility index (Phi) is 5.75. The Labute approximate surface area is 197 Å². The van der Waals surface area contributed by atoms with E-state index < -0.39 is 5.41 Å². The fraction of sp³-hybridized carbons (Fsp3) is 0.269. The van der Waals surface area contributed by atoms with E-state index in [1.165, 1.54) is 12.1 Å². The smallest absolute Gasteiger partial charge is 0.174 e. The van der Waals surface area contributed by atoms with Crippen molar-refractivity contribution in [1.82, 2.24) is 24.3 Å². The van der Waals surface area contributed by atoms with E-state index in [2.05, 4.69) is 10.1 Å². The zero-order chi connectivity index (χ0) is 23.7. The van der Waals surface area contributed by atoms with Gasteiger partial charge in [0, 0.05) is 12.7 Å². The largest absolute Gasteiger partial charge is 0.495 e. The number of benzene rings is 2. The maximum absolute atomic E-state index is 14.0. The topological polar surface area (TPSA) is 78.0 Å². The number of hydrogen-bond donors (Lipinski definition) is 1. The van der Waals surface area contributed by atoms with Gasteiger partial charge in [-0.1, -0.05) is 24.3 Å². The van der Waals surface area contributed by atoms with Crippen molar-refractivity contribution in [3.05, 3.63) is 89.3 Å². The van der Waals surface area contributed by atoms with Crippen LogP contribution in [0.2, 0.25) is 0 Å². The number of ether oxygens (including phenoxy) is 1. The molecule has 1 aliphatic rings. The molecule has 1 aliphatic heterocycles. The second-order valence-electron chi connectivity index (χ2n) is 8.56. The van der Waals surface area contributed by atoms with Gasteiger partial charge < -0.3 is 14.4 Å². The summed E-state index contributed by atoms with van der Waals surface area (Å²) in [4.78, 5) is 9.03. The zero-order valence-electron chi connectivity index (χ0n) is 19.1. The molecule has 0 saturated heterocycles. The van der Waals surface area contributed by atoms with Gasteiger partial charge in [0.1, 0.15) is 17.4 Å². The molecule has 0 radical (unpaired) electrons.